The minimum Gasteiger partial charge on any atom is -0.383 e. The van der Waals surface area contributed by atoms with Crippen LogP contribution in [0.1, 0.15) is 10.4 Å². The summed E-state index contributed by atoms with van der Waals surface area (Å²) in [4.78, 5) is 17.1. The summed E-state index contributed by atoms with van der Waals surface area (Å²) < 4.78 is 21.2. The lowest BCUT2D eigenvalue weighted by atomic mass is 10.2. The molecule has 1 aromatic heterocycles. The smallest absolute Gasteiger partial charge is 0.279 e. The summed E-state index contributed by atoms with van der Waals surface area (Å²) in [6.07, 6.45) is 0. The number of amides is 1. The number of halogens is 2. The topological polar surface area (TPSA) is 43.6 Å². The van der Waals surface area contributed by atoms with Crippen LogP contribution in [0.2, 0.25) is 5.02 Å². The zero-order valence-electron chi connectivity index (χ0n) is 12.8. The van der Waals surface area contributed by atoms with Gasteiger partial charge >= 0.3 is 0 Å². The molecule has 0 saturated heterocycles. The normalized spacial score (nSPS) is 12.0. The van der Waals surface area contributed by atoms with Gasteiger partial charge in [-0.25, -0.2) is 4.39 Å². The summed E-state index contributed by atoms with van der Waals surface area (Å²) in [7, 11) is 1.60. The van der Waals surface area contributed by atoms with Crippen molar-refractivity contribution in [1.82, 2.24) is 4.57 Å². The number of rotatable bonds is 4. The van der Waals surface area contributed by atoms with Crippen LogP contribution >= 0.6 is 22.9 Å². The first-order valence-corrected chi connectivity index (χ1v) is 8.40. The minimum absolute atomic E-state index is 0.324. The highest BCUT2D eigenvalue weighted by atomic mass is 35.5. The van der Waals surface area contributed by atoms with E-state index in [1.54, 1.807) is 37.4 Å². The van der Waals surface area contributed by atoms with Gasteiger partial charge in [0.05, 0.1) is 16.8 Å². The van der Waals surface area contributed by atoms with E-state index in [0.29, 0.717) is 28.5 Å². The standard InChI is InChI=1S/C17H14ClFN2O2S/c1-23-8-7-21-14-6-5-13(19)10-15(14)24-17(21)20-16(22)11-3-2-4-12(18)9-11/h2-6,9-10H,7-8H2,1H3. The predicted molar refractivity (Wildman–Crippen MR) is 93.0 cm³/mol. The van der Waals surface area contributed by atoms with E-state index < -0.39 is 5.91 Å². The van der Waals surface area contributed by atoms with Crippen molar-refractivity contribution in [2.24, 2.45) is 4.99 Å². The molecule has 124 valence electrons. The average molecular weight is 365 g/mol. The number of carbonyl (C=O) groups excluding carboxylic acids is 1. The van der Waals surface area contributed by atoms with Gasteiger partial charge < -0.3 is 9.30 Å². The second-order valence-corrected chi connectivity index (χ2v) is 6.51. The Bertz CT molecular complexity index is 965. The van der Waals surface area contributed by atoms with E-state index in [4.69, 9.17) is 16.3 Å². The second-order valence-electron chi connectivity index (χ2n) is 5.07. The monoisotopic (exact) mass is 364 g/mol. The number of hydrogen-bond donors (Lipinski definition) is 0. The first kappa shape index (κ1) is 16.8. The lowest BCUT2D eigenvalue weighted by molar-refractivity contribution is 0.0997. The molecular weight excluding hydrogens is 351 g/mol. The molecule has 0 N–H and O–H groups in total. The van der Waals surface area contributed by atoms with Crippen molar-refractivity contribution in [3.8, 4) is 0 Å². The summed E-state index contributed by atoms with van der Waals surface area (Å²) in [5, 5.41) is 0.474. The van der Waals surface area contributed by atoms with Gasteiger partial charge in [0.15, 0.2) is 4.80 Å². The van der Waals surface area contributed by atoms with Crippen LogP contribution < -0.4 is 4.80 Å². The molecule has 0 aliphatic heterocycles. The number of methoxy groups -OCH3 is 1. The molecule has 0 radical (unpaired) electrons. The first-order chi connectivity index (χ1) is 11.6. The maximum Gasteiger partial charge on any atom is 0.279 e. The number of nitrogens with zero attached hydrogens (tertiary/aromatic N) is 2. The summed E-state index contributed by atoms with van der Waals surface area (Å²) in [5.41, 5.74) is 1.22. The van der Waals surface area contributed by atoms with Crippen LogP contribution in [0.5, 0.6) is 0 Å². The van der Waals surface area contributed by atoms with Gasteiger partial charge in [0.2, 0.25) is 0 Å². The number of hydrogen-bond acceptors (Lipinski definition) is 3. The van der Waals surface area contributed by atoms with Crippen LogP contribution in [0.15, 0.2) is 47.5 Å². The molecule has 0 spiro atoms. The van der Waals surface area contributed by atoms with Gasteiger partial charge in [0, 0.05) is 24.2 Å². The van der Waals surface area contributed by atoms with Gasteiger partial charge in [-0.3, -0.25) is 4.79 Å². The SMILES string of the molecule is COCCn1c(=NC(=O)c2cccc(Cl)c2)sc2cc(F)ccc21. The third-order valence-corrected chi connectivity index (χ3v) is 4.71. The highest BCUT2D eigenvalue weighted by Crippen LogP contribution is 2.19. The molecule has 0 atom stereocenters. The summed E-state index contributed by atoms with van der Waals surface area (Å²) >= 11 is 7.18. The van der Waals surface area contributed by atoms with Gasteiger partial charge in [-0.2, -0.15) is 4.99 Å². The molecule has 3 rings (SSSR count). The molecule has 3 aromatic rings. The van der Waals surface area contributed by atoms with Crippen molar-refractivity contribution in [3.05, 3.63) is 63.7 Å². The predicted octanol–water partition coefficient (Wildman–Crippen LogP) is 3.88. The van der Waals surface area contributed by atoms with Gasteiger partial charge in [0.25, 0.3) is 5.91 Å². The number of benzene rings is 2. The van der Waals surface area contributed by atoms with Crippen LogP contribution in [-0.2, 0) is 11.3 Å². The Morgan fingerprint density at radius 2 is 2.17 bits per heavy atom. The third-order valence-electron chi connectivity index (χ3n) is 3.43. The van der Waals surface area contributed by atoms with Crippen molar-refractivity contribution in [2.45, 2.75) is 6.54 Å². The van der Waals surface area contributed by atoms with E-state index in [2.05, 4.69) is 4.99 Å². The van der Waals surface area contributed by atoms with Crippen LogP contribution in [0.4, 0.5) is 4.39 Å². The van der Waals surface area contributed by atoms with E-state index in [1.807, 2.05) is 4.57 Å². The van der Waals surface area contributed by atoms with Crippen LogP contribution in [0, 0.1) is 5.82 Å². The zero-order valence-corrected chi connectivity index (χ0v) is 14.4. The molecule has 0 bridgehead atoms. The van der Waals surface area contributed by atoms with Gasteiger partial charge in [-0.1, -0.05) is 29.0 Å². The Labute approximate surface area is 146 Å². The highest BCUT2D eigenvalue weighted by Gasteiger charge is 2.10. The van der Waals surface area contributed by atoms with Crippen LogP contribution in [0.3, 0.4) is 0 Å². The molecule has 2 aromatic carbocycles. The molecular formula is C17H14ClFN2O2S. The number of aromatic nitrogens is 1. The van der Waals surface area contributed by atoms with Crippen molar-refractivity contribution in [1.29, 1.82) is 0 Å². The fourth-order valence-electron chi connectivity index (χ4n) is 2.30. The lowest BCUT2D eigenvalue weighted by Gasteiger charge is -2.04. The highest BCUT2D eigenvalue weighted by molar-refractivity contribution is 7.16. The van der Waals surface area contributed by atoms with Crippen molar-refractivity contribution in [2.75, 3.05) is 13.7 Å². The van der Waals surface area contributed by atoms with Gasteiger partial charge in [-0.15, -0.1) is 0 Å². The van der Waals surface area contributed by atoms with E-state index in [1.165, 1.54) is 23.5 Å². The maximum absolute atomic E-state index is 13.5. The molecule has 7 heteroatoms. The Balaban J connectivity index is 2.11. The van der Waals surface area contributed by atoms with Crippen LogP contribution in [-0.4, -0.2) is 24.2 Å². The number of fused-ring (bicyclic) bond motifs is 1. The van der Waals surface area contributed by atoms with Crippen molar-refractivity contribution in [3.63, 3.8) is 0 Å². The van der Waals surface area contributed by atoms with Crippen molar-refractivity contribution < 1.29 is 13.9 Å². The van der Waals surface area contributed by atoms with Gasteiger partial charge in [-0.05, 0) is 36.4 Å². The van der Waals surface area contributed by atoms with E-state index in [9.17, 15) is 9.18 Å². The number of carbonyl (C=O) groups is 1. The Morgan fingerprint density at radius 3 is 2.92 bits per heavy atom. The lowest BCUT2D eigenvalue weighted by Crippen LogP contribution is -2.19. The molecule has 4 nitrogen and oxygen atoms in total. The zero-order chi connectivity index (χ0) is 17.1. The maximum atomic E-state index is 13.5. The average Bonchev–Trinajstić information content (AvgIpc) is 2.89. The molecule has 0 aliphatic rings. The Morgan fingerprint density at radius 1 is 1.33 bits per heavy atom. The summed E-state index contributed by atoms with van der Waals surface area (Å²) in [6, 6.07) is 11.1. The number of ether oxygens (including phenoxy) is 1. The van der Waals surface area contributed by atoms with Crippen molar-refractivity contribution >= 4 is 39.1 Å². The van der Waals surface area contributed by atoms with Crippen LogP contribution in [0.25, 0.3) is 10.2 Å². The molecule has 1 heterocycles. The van der Waals surface area contributed by atoms with E-state index in [-0.39, 0.29) is 5.82 Å². The minimum atomic E-state index is -0.393. The molecule has 0 aliphatic carbocycles. The van der Waals surface area contributed by atoms with E-state index >= 15 is 0 Å². The third kappa shape index (κ3) is 3.56. The first-order valence-electron chi connectivity index (χ1n) is 7.21. The summed E-state index contributed by atoms with van der Waals surface area (Å²) in [5.74, 6) is -0.717. The largest absolute Gasteiger partial charge is 0.383 e. The van der Waals surface area contributed by atoms with E-state index in [0.717, 1.165) is 10.2 Å². The Hall–Kier alpha value is -2.02. The molecule has 1 amide bonds. The fourth-order valence-corrected chi connectivity index (χ4v) is 3.57. The second kappa shape index (κ2) is 7.25. The quantitative estimate of drug-likeness (QED) is 0.705. The fraction of sp³-hybridized carbons (Fsp3) is 0.176. The molecule has 0 unspecified atom stereocenters. The molecule has 24 heavy (non-hydrogen) atoms. The number of thiazole rings is 1. The van der Waals surface area contributed by atoms with Gasteiger partial charge in [0.1, 0.15) is 5.82 Å². The molecule has 0 saturated carbocycles. The summed E-state index contributed by atoms with van der Waals surface area (Å²) in [6.45, 7) is 0.978. The Kier molecular flexibility index (Phi) is 5.08. The molecule has 0 fully saturated rings.